The van der Waals surface area contributed by atoms with E-state index >= 15 is 0 Å². The molecule has 0 aliphatic carbocycles. The summed E-state index contributed by atoms with van der Waals surface area (Å²) in [5, 5.41) is 3.12. The van der Waals surface area contributed by atoms with E-state index in [1.165, 1.54) is 5.56 Å². The van der Waals surface area contributed by atoms with E-state index in [4.69, 9.17) is 4.74 Å². The molecule has 1 heterocycles. The molecule has 1 N–H and O–H groups in total. The number of quaternary nitrogens is 1. The van der Waals surface area contributed by atoms with Gasteiger partial charge in [0, 0.05) is 11.6 Å². The lowest BCUT2D eigenvalue weighted by Gasteiger charge is -2.38. The van der Waals surface area contributed by atoms with Gasteiger partial charge in [-0.3, -0.25) is 4.79 Å². The van der Waals surface area contributed by atoms with Gasteiger partial charge < -0.3 is 14.5 Å². The van der Waals surface area contributed by atoms with Gasteiger partial charge in [0.05, 0.1) is 19.7 Å². The van der Waals surface area contributed by atoms with Crippen LogP contribution in [0.2, 0.25) is 0 Å². The number of nitrogens with one attached hydrogen (secondary N) is 1. The number of carbonyl (C=O) groups excluding carboxylic acids is 2. The first-order valence-corrected chi connectivity index (χ1v) is 11.3. The maximum absolute atomic E-state index is 13.2. The van der Waals surface area contributed by atoms with E-state index in [0.717, 1.165) is 49.2 Å². The van der Waals surface area contributed by atoms with Crippen molar-refractivity contribution in [3.05, 3.63) is 65.2 Å². The number of carbonyl (C=O) groups is 2. The zero-order valence-electron chi connectivity index (χ0n) is 19.0. The number of nitrogens with zero attached hydrogens (tertiary/aromatic N) is 1. The normalized spacial score (nSPS) is 21.2. The number of amides is 1. The fraction of sp³-hybridized carbons (Fsp3) is 0.462. The molecule has 1 aliphatic heterocycles. The number of esters is 1. The summed E-state index contributed by atoms with van der Waals surface area (Å²) in [6.45, 7) is 8.27. The molecule has 5 heteroatoms. The zero-order valence-corrected chi connectivity index (χ0v) is 19.0. The highest BCUT2D eigenvalue weighted by atomic mass is 16.5. The monoisotopic (exact) mass is 423 g/mol. The van der Waals surface area contributed by atoms with Crippen LogP contribution >= 0.6 is 0 Å². The summed E-state index contributed by atoms with van der Waals surface area (Å²) in [5.41, 5.74) is 4.24. The summed E-state index contributed by atoms with van der Waals surface area (Å²) in [4.78, 5) is 25.8. The molecule has 0 spiro atoms. The highest BCUT2D eigenvalue weighted by molar-refractivity contribution is 5.93. The minimum absolute atomic E-state index is 0.0459. The molecule has 5 nitrogen and oxygen atoms in total. The molecule has 166 valence electrons. The van der Waals surface area contributed by atoms with Crippen LogP contribution in [-0.2, 0) is 14.3 Å². The fourth-order valence-corrected chi connectivity index (χ4v) is 4.80. The van der Waals surface area contributed by atoms with Crippen LogP contribution in [0.15, 0.2) is 48.5 Å². The second kappa shape index (κ2) is 10.6. The number of rotatable bonds is 7. The topological polar surface area (TPSA) is 55.4 Å². The van der Waals surface area contributed by atoms with Gasteiger partial charge in [0.25, 0.3) is 5.91 Å². The Bertz CT molecular complexity index is 877. The van der Waals surface area contributed by atoms with Crippen molar-refractivity contribution in [1.82, 2.24) is 0 Å². The van der Waals surface area contributed by atoms with Gasteiger partial charge in [-0.25, -0.2) is 4.79 Å². The van der Waals surface area contributed by atoms with E-state index in [2.05, 4.69) is 29.6 Å². The number of hydrogen-bond donors (Lipinski definition) is 1. The minimum Gasteiger partial charge on any atom is -0.462 e. The van der Waals surface area contributed by atoms with Crippen LogP contribution in [0.5, 0.6) is 0 Å². The van der Waals surface area contributed by atoms with Gasteiger partial charge in [-0.1, -0.05) is 48.5 Å². The van der Waals surface area contributed by atoms with Gasteiger partial charge in [0.1, 0.15) is 0 Å². The molecule has 1 fully saturated rings. The second-order valence-corrected chi connectivity index (χ2v) is 8.79. The van der Waals surface area contributed by atoms with Crippen molar-refractivity contribution in [3.8, 4) is 0 Å². The predicted octanol–water partition coefficient (Wildman–Crippen LogP) is 4.59. The van der Waals surface area contributed by atoms with E-state index in [0.29, 0.717) is 17.0 Å². The summed E-state index contributed by atoms with van der Waals surface area (Å²) >= 11 is 0. The standard InChI is InChI=1S/C26H34N2O3/c1-4-31-25(30)19-28(18-24(29)27-26-20(2)11-10-12-21(26)3)16-9-8-15-23(17-28)22-13-6-5-7-14-22/h5-7,10-14,23H,4,8-9,15-19H2,1-3H3/p+1. The molecule has 0 radical (unpaired) electrons. The fourth-order valence-electron chi connectivity index (χ4n) is 4.80. The smallest absolute Gasteiger partial charge is 0.361 e. The number of likely N-dealkylation sites (tertiary alicyclic amines) is 1. The van der Waals surface area contributed by atoms with E-state index in [1.54, 1.807) is 0 Å². The van der Waals surface area contributed by atoms with Gasteiger partial charge in [-0.2, -0.15) is 0 Å². The molecule has 1 aliphatic rings. The van der Waals surface area contributed by atoms with Crippen LogP contribution in [-0.4, -0.2) is 49.1 Å². The summed E-state index contributed by atoms with van der Waals surface area (Å²) in [5.74, 6) is 0.0534. The molecular formula is C26H35N2O3+. The first-order valence-electron chi connectivity index (χ1n) is 11.3. The van der Waals surface area contributed by atoms with Gasteiger partial charge in [-0.15, -0.1) is 0 Å². The van der Waals surface area contributed by atoms with Crippen LogP contribution in [0, 0.1) is 13.8 Å². The first-order chi connectivity index (χ1) is 14.9. The average Bonchev–Trinajstić information content (AvgIpc) is 2.94. The van der Waals surface area contributed by atoms with Gasteiger partial charge in [-0.05, 0) is 56.7 Å². The average molecular weight is 424 g/mol. The quantitative estimate of drug-likeness (QED) is 0.523. The minimum atomic E-state index is -0.226. The van der Waals surface area contributed by atoms with Crippen molar-refractivity contribution in [1.29, 1.82) is 0 Å². The van der Waals surface area contributed by atoms with Crippen molar-refractivity contribution in [2.45, 2.75) is 46.0 Å². The summed E-state index contributed by atoms with van der Waals surface area (Å²) in [6, 6.07) is 16.5. The van der Waals surface area contributed by atoms with E-state index in [1.807, 2.05) is 45.0 Å². The lowest BCUT2D eigenvalue weighted by molar-refractivity contribution is -0.914. The Morgan fingerprint density at radius 1 is 1.00 bits per heavy atom. The molecule has 1 saturated heterocycles. The number of ether oxygens (including phenoxy) is 1. The van der Waals surface area contributed by atoms with Gasteiger partial charge >= 0.3 is 5.97 Å². The maximum Gasteiger partial charge on any atom is 0.361 e. The predicted molar refractivity (Wildman–Crippen MR) is 124 cm³/mol. The van der Waals surface area contributed by atoms with Crippen LogP contribution in [0.4, 0.5) is 5.69 Å². The maximum atomic E-state index is 13.2. The van der Waals surface area contributed by atoms with Crippen molar-refractivity contribution in [3.63, 3.8) is 0 Å². The van der Waals surface area contributed by atoms with Crippen molar-refractivity contribution < 1.29 is 18.8 Å². The zero-order chi connectivity index (χ0) is 22.3. The number of para-hydroxylation sites is 1. The molecule has 2 aromatic rings. The highest BCUT2D eigenvalue weighted by Gasteiger charge is 2.38. The van der Waals surface area contributed by atoms with E-state index < -0.39 is 0 Å². The SMILES string of the molecule is CCOC(=O)C[N+]1(CC(=O)Nc2c(C)cccc2C)CCCCC(c2ccccc2)C1. The molecule has 3 rings (SSSR count). The van der Waals surface area contributed by atoms with Crippen molar-refractivity contribution in [2.24, 2.45) is 0 Å². The summed E-state index contributed by atoms with van der Waals surface area (Å²) in [6.07, 6.45) is 3.17. The van der Waals surface area contributed by atoms with Gasteiger partial charge in [0.2, 0.25) is 0 Å². The van der Waals surface area contributed by atoms with Crippen LogP contribution in [0.1, 0.15) is 48.8 Å². The molecule has 1 amide bonds. The Kier molecular flexibility index (Phi) is 7.85. The molecule has 2 atom stereocenters. The number of aryl methyl sites for hydroxylation is 2. The summed E-state index contributed by atoms with van der Waals surface area (Å²) in [7, 11) is 0. The molecule has 31 heavy (non-hydrogen) atoms. The van der Waals surface area contributed by atoms with Gasteiger partial charge in [0.15, 0.2) is 13.1 Å². The third kappa shape index (κ3) is 6.17. The third-order valence-corrected chi connectivity index (χ3v) is 6.31. The van der Waals surface area contributed by atoms with Crippen LogP contribution in [0.3, 0.4) is 0 Å². The Hall–Kier alpha value is -2.66. The number of benzene rings is 2. The van der Waals surface area contributed by atoms with E-state index in [9.17, 15) is 9.59 Å². The third-order valence-electron chi connectivity index (χ3n) is 6.31. The lowest BCUT2D eigenvalue weighted by atomic mass is 9.94. The van der Waals surface area contributed by atoms with Crippen molar-refractivity contribution in [2.75, 3.05) is 38.1 Å². The van der Waals surface area contributed by atoms with Crippen LogP contribution in [0.25, 0.3) is 0 Å². The van der Waals surface area contributed by atoms with E-state index in [-0.39, 0.29) is 25.0 Å². The number of anilines is 1. The molecule has 2 unspecified atom stereocenters. The Labute approximate surface area is 186 Å². The second-order valence-electron chi connectivity index (χ2n) is 8.79. The van der Waals surface area contributed by atoms with Crippen molar-refractivity contribution >= 4 is 17.6 Å². The number of hydrogen-bond acceptors (Lipinski definition) is 3. The Morgan fingerprint density at radius 3 is 2.39 bits per heavy atom. The molecular weight excluding hydrogens is 388 g/mol. The molecule has 0 bridgehead atoms. The van der Waals surface area contributed by atoms with Crippen LogP contribution < -0.4 is 5.32 Å². The lowest BCUT2D eigenvalue weighted by Crippen LogP contribution is -2.56. The largest absolute Gasteiger partial charge is 0.462 e. The Balaban J connectivity index is 1.85. The molecule has 2 aromatic carbocycles. The first kappa shape index (κ1) is 23.0. The summed E-state index contributed by atoms with van der Waals surface area (Å²) < 4.78 is 5.74. The highest BCUT2D eigenvalue weighted by Crippen LogP contribution is 2.31. The molecule has 0 aromatic heterocycles. The Morgan fingerprint density at radius 2 is 1.71 bits per heavy atom. The molecule has 0 saturated carbocycles.